The van der Waals surface area contributed by atoms with Gasteiger partial charge in [-0.1, -0.05) is 11.6 Å². The number of aromatic nitrogens is 4. The van der Waals surface area contributed by atoms with E-state index in [4.69, 9.17) is 11.6 Å². The molecule has 0 atom stereocenters. The van der Waals surface area contributed by atoms with Gasteiger partial charge in [0, 0.05) is 31.9 Å². The summed E-state index contributed by atoms with van der Waals surface area (Å²) in [4.78, 5) is 18.8. The molecule has 0 bridgehead atoms. The normalized spacial score (nSPS) is 10.6. The van der Waals surface area contributed by atoms with Crippen LogP contribution in [0.5, 0.6) is 0 Å². The van der Waals surface area contributed by atoms with Crippen molar-refractivity contribution >= 4 is 17.3 Å². The lowest BCUT2D eigenvalue weighted by Gasteiger charge is -2.08. The van der Waals surface area contributed by atoms with E-state index in [1.807, 2.05) is 6.92 Å². The predicted molar refractivity (Wildman–Crippen MR) is 70.0 cm³/mol. The summed E-state index contributed by atoms with van der Waals surface area (Å²) >= 11 is 5.98. The minimum Gasteiger partial charge on any atom is -0.382 e. The van der Waals surface area contributed by atoms with Gasteiger partial charge in [0.25, 0.3) is 5.56 Å². The molecule has 0 radical (unpaired) electrons. The number of hydrogen-bond donors (Lipinski definition) is 2. The average molecular weight is 268 g/mol. The van der Waals surface area contributed by atoms with E-state index >= 15 is 0 Å². The monoisotopic (exact) mass is 267 g/mol. The molecule has 0 saturated heterocycles. The topological polar surface area (TPSA) is 75.6 Å². The Kier molecular flexibility index (Phi) is 3.99. The molecular formula is C11H14ClN5O. The van der Waals surface area contributed by atoms with Crippen LogP contribution in [-0.4, -0.2) is 26.3 Å². The lowest BCUT2D eigenvalue weighted by atomic mass is 10.3. The van der Waals surface area contributed by atoms with Crippen LogP contribution in [0.4, 0.5) is 5.69 Å². The standard InChI is InChI=1S/C11H14ClN5O/c1-2-17-11(18)10(12)8(7-16-17)13-4-3-9-14-5-6-15-9/h5-7,13H,2-4H2,1H3,(H,14,15). The van der Waals surface area contributed by atoms with Crippen LogP contribution < -0.4 is 10.9 Å². The summed E-state index contributed by atoms with van der Waals surface area (Å²) in [6.45, 7) is 2.98. The number of anilines is 1. The van der Waals surface area contributed by atoms with Gasteiger partial charge in [0.05, 0.1) is 11.9 Å². The first-order chi connectivity index (χ1) is 8.72. The van der Waals surface area contributed by atoms with Gasteiger partial charge in [-0.25, -0.2) is 9.67 Å². The third kappa shape index (κ3) is 2.70. The zero-order valence-corrected chi connectivity index (χ0v) is 10.7. The fourth-order valence-electron chi connectivity index (χ4n) is 1.56. The first-order valence-corrected chi connectivity index (χ1v) is 6.08. The first kappa shape index (κ1) is 12.6. The number of rotatable bonds is 5. The Hall–Kier alpha value is -1.82. The van der Waals surface area contributed by atoms with E-state index in [2.05, 4.69) is 20.4 Å². The second-order valence-electron chi connectivity index (χ2n) is 3.71. The summed E-state index contributed by atoms with van der Waals surface area (Å²) in [6, 6.07) is 0. The molecule has 18 heavy (non-hydrogen) atoms. The highest BCUT2D eigenvalue weighted by Gasteiger charge is 2.07. The lowest BCUT2D eigenvalue weighted by Crippen LogP contribution is -2.23. The van der Waals surface area contributed by atoms with Crippen LogP contribution in [0, 0.1) is 0 Å². The first-order valence-electron chi connectivity index (χ1n) is 5.70. The van der Waals surface area contributed by atoms with E-state index < -0.39 is 0 Å². The predicted octanol–water partition coefficient (Wildman–Crippen LogP) is 1.29. The smallest absolute Gasteiger partial charge is 0.287 e. The fourth-order valence-corrected chi connectivity index (χ4v) is 1.78. The van der Waals surface area contributed by atoms with Gasteiger partial charge in [-0.2, -0.15) is 5.10 Å². The fraction of sp³-hybridized carbons (Fsp3) is 0.364. The van der Waals surface area contributed by atoms with Crippen LogP contribution in [0.1, 0.15) is 12.7 Å². The minimum absolute atomic E-state index is 0.172. The molecule has 0 aliphatic rings. The largest absolute Gasteiger partial charge is 0.382 e. The van der Waals surface area contributed by atoms with E-state index in [1.165, 1.54) is 4.68 Å². The van der Waals surface area contributed by atoms with Crippen LogP contribution in [0.15, 0.2) is 23.4 Å². The van der Waals surface area contributed by atoms with Gasteiger partial charge in [-0.05, 0) is 6.92 Å². The Morgan fingerprint density at radius 1 is 1.56 bits per heavy atom. The Labute approximate surface area is 109 Å². The number of halogens is 1. The second kappa shape index (κ2) is 5.68. The van der Waals surface area contributed by atoms with Gasteiger partial charge in [0.1, 0.15) is 10.8 Å². The number of H-pyrrole nitrogens is 1. The molecule has 2 aromatic heterocycles. The molecule has 96 valence electrons. The molecule has 2 heterocycles. The zero-order valence-electron chi connectivity index (χ0n) is 9.98. The molecule has 6 nitrogen and oxygen atoms in total. The van der Waals surface area contributed by atoms with Gasteiger partial charge in [-0.3, -0.25) is 4.79 Å². The van der Waals surface area contributed by atoms with Crippen LogP contribution >= 0.6 is 11.6 Å². The summed E-state index contributed by atoms with van der Waals surface area (Å²) < 4.78 is 1.32. The van der Waals surface area contributed by atoms with Crippen molar-refractivity contribution in [3.8, 4) is 0 Å². The highest BCUT2D eigenvalue weighted by molar-refractivity contribution is 6.32. The number of aromatic amines is 1. The number of nitrogens with one attached hydrogen (secondary N) is 2. The molecule has 2 aromatic rings. The molecule has 0 aliphatic carbocycles. The van der Waals surface area contributed by atoms with E-state index in [1.54, 1.807) is 18.6 Å². The second-order valence-corrected chi connectivity index (χ2v) is 4.08. The molecule has 7 heteroatoms. The van der Waals surface area contributed by atoms with E-state index in [9.17, 15) is 4.79 Å². The molecule has 0 aliphatic heterocycles. The molecule has 2 rings (SSSR count). The number of imidazole rings is 1. The molecule has 0 fully saturated rings. The van der Waals surface area contributed by atoms with E-state index in [0.717, 1.165) is 12.2 Å². The van der Waals surface area contributed by atoms with Crippen LogP contribution in [0.2, 0.25) is 5.02 Å². The van der Waals surface area contributed by atoms with Gasteiger partial charge in [-0.15, -0.1) is 0 Å². The van der Waals surface area contributed by atoms with E-state index in [0.29, 0.717) is 18.8 Å². The third-order valence-electron chi connectivity index (χ3n) is 2.52. The van der Waals surface area contributed by atoms with Crippen molar-refractivity contribution < 1.29 is 0 Å². The van der Waals surface area contributed by atoms with Crippen molar-refractivity contribution in [1.29, 1.82) is 0 Å². The Balaban J connectivity index is 2.02. The maximum absolute atomic E-state index is 11.7. The summed E-state index contributed by atoms with van der Waals surface area (Å²) in [5.41, 5.74) is 0.278. The van der Waals surface area contributed by atoms with Crippen molar-refractivity contribution in [2.24, 2.45) is 0 Å². The summed E-state index contributed by atoms with van der Waals surface area (Å²) in [5, 5.41) is 7.26. The lowest BCUT2D eigenvalue weighted by molar-refractivity contribution is 0.616. The van der Waals surface area contributed by atoms with Gasteiger partial charge >= 0.3 is 0 Å². The maximum Gasteiger partial charge on any atom is 0.287 e. The molecule has 0 saturated carbocycles. The van der Waals surface area contributed by atoms with Gasteiger partial charge < -0.3 is 10.3 Å². The van der Waals surface area contributed by atoms with Crippen molar-refractivity contribution in [2.45, 2.75) is 19.9 Å². The Bertz CT molecular complexity index is 563. The van der Waals surface area contributed by atoms with Crippen LogP contribution in [-0.2, 0) is 13.0 Å². The van der Waals surface area contributed by atoms with Crippen molar-refractivity contribution in [1.82, 2.24) is 19.7 Å². The Morgan fingerprint density at radius 2 is 2.39 bits per heavy atom. The van der Waals surface area contributed by atoms with E-state index in [-0.39, 0.29) is 10.6 Å². The number of nitrogens with zero attached hydrogens (tertiary/aromatic N) is 3. The minimum atomic E-state index is -0.276. The highest BCUT2D eigenvalue weighted by atomic mass is 35.5. The number of aryl methyl sites for hydroxylation is 1. The molecule has 2 N–H and O–H groups in total. The summed E-state index contributed by atoms with van der Waals surface area (Å²) in [5.74, 6) is 0.883. The van der Waals surface area contributed by atoms with Gasteiger partial charge in [0.15, 0.2) is 0 Å². The average Bonchev–Trinajstić information content (AvgIpc) is 2.88. The molecule has 0 amide bonds. The molecule has 0 spiro atoms. The third-order valence-corrected chi connectivity index (χ3v) is 2.88. The number of hydrogen-bond acceptors (Lipinski definition) is 4. The quantitative estimate of drug-likeness (QED) is 0.856. The van der Waals surface area contributed by atoms with Crippen molar-refractivity contribution in [3.63, 3.8) is 0 Å². The molecule has 0 unspecified atom stereocenters. The Morgan fingerprint density at radius 3 is 3.06 bits per heavy atom. The molecule has 0 aromatic carbocycles. The van der Waals surface area contributed by atoms with Crippen LogP contribution in [0.3, 0.4) is 0 Å². The van der Waals surface area contributed by atoms with Crippen molar-refractivity contribution in [2.75, 3.05) is 11.9 Å². The van der Waals surface area contributed by atoms with Crippen molar-refractivity contribution in [3.05, 3.63) is 39.8 Å². The zero-order chi connectivity index (χ0) is 13.0. The summed E-state index contributed by atoms with van der Waals surface area (Å²) in [6.07, 6.45) is 5.76. The van der Waals surface area contributed by atoms with Crippen LogP contribution in [0.25, 0.3) is 0 Å². The molecular weight excluding hydrogens is 254 g/mol. The SMILES string of the molecule is CCn1ncc(NCCc2ncc[nH]2)c(Cl)c1=O. The van der Waals surface area contributed by atoms with Gasteiger partial charge in [0.2, 0.25) is 0 Å². The summed E-state index contributed by atoms with van der Waals surface area (Å²) in [7, 11) is 0. The highest BCUT2D eigenvalue weighted by Crippen LogP contribution is 2.14. The maximum atomic E-state index is 11.7.